The molecule has 6 nitrogen and oxygen atoms in total. The van der Waals surface area contributed by atoms with E-state index in [1.165, 1.54) is 31.5 Å². The van der Waals surface area contributed by atoms with E-state index in [1.807, 2.05) is 0 Å². The Morgan fingerprint density at radius 3 is 2.42 bits per heavy atom. The van der Waals surface area contributed by atoms with Crippen LogP contribution in [-0.4, -0.2) is 25.2 Å². The van der Waals surface area contributed by atoms with Gasteiger partial charge in [0, 0.05) is 15.6 Å². The standard InChI is InChI=1S/C22H15Cl3N2O4/c1-30-20-9-13(12-26-27-21(28)14-3-2-4-15(23)10-14)5-8-19(20)31-22(29)17-7-6-16(24)11-18(17)25/h2-12H,1H3,(H,27,28)/b26-12-. The number of rotatable bonds is 6. The van der Waals surface area contributed by atoms with Crippen molar-refractivity contribution < 1.29 is 19.1 Å². The second-order valence-electron chi connectivity index (χ2n) is 6.13. The number of nitrogens with one attached hydrogen (secondary N) is 1. The van der Waals surface area contributed by atoms with Crippen LogP contribution in [0.5, 0.6) is 11.5 Å². The molecular weight excluding hydrogens is 463 g/mol. The van der Waals surface area contributed by atoms with Crippen molar-refractivity contribution in [3.63, 3.8) is 0 Å². The number of nitrogens with zero attached hydrogens (tertiary/aromatic N) is 1. The van der Waals surface area contributed by atoms with Crippen LogP contribution in [0.25, 0.3) is 0 Å². The van der Waals surface area contributed by atoms with Gasteiger partial charge in [-0.25, -0.2) is 10.2 Å². The van der Waals surface area contributed by atoms with Gasteiger partial charge in [0.05, 0.1) is 23.9 Å². The molecule has 3 aromatic carbocycles. The second kappa shape index (κ2) is 10.3. The fourth-order valence-electron chi connectivity index (χ4n) is 2.52. The van der Waals surface area contributed by atoms with Crippen LogP contribution in [-0.2, 0) is 0 Å². The van der Waals surface area contributed by atoms with Crippen molar-refractivity contribution in [3.8, 4) is 11.5 Å². The van der Waals surface area contributed by atoms with E-state index in [1.54, 1.807) is 42.5 Å². The first-order chi connectivity index (χ1) is 14.9. The first-order valence-corrected chi connectivity index (χ1v) is 9.95. The molecule has 0 aromatic heterocycles. The fraction of sp³-hybridized carbons (Fsp3) is 0.0455. The van der Waals surface area contributed by atoms with Gasteiger partial charge in [0.25, 0.3) is 5.91 Å². The summed E-state index contributed by atoms with van der Waals surface area (Å²) in [6.45, 7) is 0. The number of halogens is 3. The molecule has 3 rings (SSSR count). The van der Waals surface area contributed by atoms with Crippen LogP contribution < -0.4 is 14.9 Å². The summed E-state index contributed by atoms with van der Waals surface area (Å²) in [6.07, 6.45) is 1.42. The number of hydrogen-bond acceptors (Lipinski definition) is 5. The van der Waals surface area contributed by atoms with E-state index in [9.17, 15) is 9.59 Å². The number of methoxy groups -OCH3 is 1. The average molecular weight is 478 g/mol. The monoisotopic (exact) mass is 476 g/mol. The summed E-state index contributed by atoms with van der Waals surface area (Å²) in [4.78, 5) is 24.5. The van der Waals surface area contributed by atoms with Gasteiger partial charge >= 0.3 is 5.97 Å². The van der Waals surface area contributed by atoms with Gasteiger partial charge in [0.1, 0.15) is 0 Å². The molecule has 0 aliphatic rings. The highest BCUT2D eigenvalue weighted by atomic mass is 35.5. The van der Waals surface area contributed by atoms with Crippen LogP contribution in [0.1, 0.15) is 26.3 Å². The third-order valence-electron chi connectivity index (χ3n) is 4.01. The van der Waals surface area contributed by atoms with E-state index in [0.29, 0.717) is 26.9 Å². The molecule has 0 saturated heterocycles. The number of carbonyl (C=O) groups excluding carboxylic acids is 2. The molecule has 0 radical (unpaired) electrons. The number of carbonyl (C=O) groups is 2. The first-order valence-electron chi connectivity index (χ1n) is 8.81. The van der Waals surface area contributed by atoms with Crippen molar-refractivity contribution in [1.82, 2.24) is 5.43 Å². The third-order valence-corrected chi connectivity index (χ3v) is 4.79. The summed E-state index contributed by atoms with van der Waals surface area (Å²) in [5.74, 6) is -0.575. The van der Waals surface area contributed by atoms with Crippen molar-refractivity contribution in [1.29, 1.82) is 0 Å². The molecule has 9 heteroatoms. The lowest BCUT2D eigenvalue weighted by molar-refractivity contribution is 0.0729. The van der Waals surface area contributed by atoms with E-state index in [4.69, 9.17) is 44.3 Å². The van der Waals surface area contributed by atoms with Gasteiger partial charge in [-0.05, 0) is 60.2 Å². The average Bonchev–Trinajstić information content (AvgIpc) is 2.74. The van der Waals surface area contributed by atoms with E-state index < -0.39 is 11.9 Å². The SMILES string of the molecule is COc1cc(/C=N\NC(=O)c2cccc(Cl)c2)ccc1OC(=O)c1ccc(Cl)cc1Cl. The van der Waals surface area contributed by atoms with Crippen molar-refractivity contribution >= 4 is 52.9 Å². The lowest BCUT2D eigenvalue weighted by atomic mass is 10.2. The quantitative estimate of drug-likeness (QED) is 0.216. The molecule has 0 fully saturated rings. The smallest absolute Gasteiger partial charge is 0.345 e. The Labute approximate surface area is 193 Å². The topological polar surface area (TPSA) is 77.0 Å². The number of hydrazone groups is 1. The Morgan fingerprint density at radius 1 is 0.935 bits per heavy atom. The van der Waals surface area contributed by atoms with Gasteiger partial charge < -0.3 is 9.47 Å². The fourth-order valence-corrected chi connectivity index (χ4v) is 3.19. The summed E-state index contributed by atoms with van der Waals surface area (Å²) in [7, 11) is 1.43. The zero-order valence-electron chi connectivity index (χ0n) is 16.1. The zero-order valence-corrected chi connectivity index (χ0v) is 18.3. The van der Waals surface area contributed by atoms with Crippen LogP contribution in [0.3, 0.4) is 0 Å². The van der Waals surface area contributed by atoms with E-state index >= 15 is 0 Å². The number of esters is 1. The maximum atomic E-state index is 12.4. The van der Waals surface area contributed by atoms with Gasteiger partial charge in [0.15, 0.2) is 11.5 Å². The lowest BCUT2D eigenvalue weighted by Crippen LogP contribution is -2.17. The number of hydrogen-bond donors (Lipinski definition) is 1. The van der Waals surface area contributed by atoms with Crippen molar-refractivity contribution in [2.45, 2.75) is 0 Å². The molecule has 0 atom stereocenters. The predicted molar refractivity (Wildman–Crippen MR) is 121 cm³/mol. The number of benzene rings is 3. The molecule has 0 heterocycles. The molecule has 0 saturated carbocycles. The minimum absolute atomic E-state index is 0.169. The zero-order chi connectivity index (χ0) is 22.4. The Morgan fingerprint density at radius 2 is 1.71 bits per heavy atom. The normalized spacial score (nSPS) is 10.7. The predicted octanol–water partition coefficient (Wildman–Crippen LogP) is 5.64. The lowest BCUT2D eigenvalue weighted by Gasteiger charge is -2.10. The van der Waals surface area contributed by atoms with Gasteiger partial charge in [-0.1, -0.05) is 40.9 Å². The van der Waals surface area contributed by atoms with Gasteiger partial charge in [-0.15, -0.1) is 0 Å². The molecule has 1 amide bonds. The molecule has 0 aliphatic heterocycles. The molecule has 0 bridgehead atoms. The van der Waals surface area contributed by atoms with E-state index in [-0.39, 0.29) is 16.3 Å². The second-order valence-corrected chi connectivity index (χ2v) is 7.41. The Bertz CT molecular complexity index is 1170. The molecule has 1 N–H and O–H groups in total. The van der Waals surface area contributed by atoms with Crippen LogP contribution in [0.4, 0.5) is 0 Å². The minimum Gasteiger partial charge on any atom is -0.493 e. The van der Waals surface area contributed by atoms with E-state index in [0.717, 1.165) is 0 Å². The molecule has 31 heavy (non-hydrogen) atoms. The summed E-state index contributed by atoms with van der Waals surface area (Å²) >= 11 is 17.8. The summed E-state index contributed by atoms with van der Waals surface area (Å²) < 4.78 is 10.7. The Balaban J connectivity index is 1.70. The highest BCUT2D eigenvalue weighted by Crippen LogP contribution is 2.30. The number of amides is 1. The molecule has 0 unspecified atom stereocenters. The molecular formula is C22H15Cl3N2O4. The third kappa shape index (κ3) is 5.98. The van der Waals surface area contributed by atoms with Gasteiger partial charge in [-0.2, -0.15) is 5.10 Å². The van der Waals surface area contributed by atoms with Crippen LogP contribution in [0.2, 0.25) is 15.1 Å². The molecule has 0 aliphatic carbocycles. The Hall–Kier alpha value is -3.06. The van der Waals surface area contributed by atoms with Crippen molar-refractivity contribution in [2.24, 2.45) is 5.10 Å². The van der Waals surface area contributed by atoms with Gasteiger partial charge in [0.2, 0.25) is 0 Å². The largest absolute Gasteiger partial charge is 0.493 e. The maximum Gasteiger partial charge on any atom is 0.345 e. The summed E-state index contributed by atoms with van der Waals surface area (Å²) in [5.41, 5.74) is 3.56. The first kappa shape index (κ1) is 22.6. The van der Waals surface area contributed by atoms with Crippen molar-refractivity contribution in [3.05, 3.63) is 92.4 Å². The van der Waals surface area contributed by atoms with Gasteiger partial charge in [-0.3, -0.25) is 4.79 Å². The van der Waals surface area contributed by atoms with E-state index in [2.05, 4.69) is 10.5 Å². The molecule has 0 spiro atoms. The Kier molecular flexibility index (Phi) is 7.52. The van der Waals surface area contributed by atoms with Crippen LogP contribution >= 0.6 is 34.8 Å². The molecule has 3 aromatic rings. The number of ether oxygens (including phenoxy) is 2. The molecule has 158 valence electrons. The summed E-state index contributed by atoms with van der Waals surface area (Å²) in [5, 5.41) is 4.95. The van der Waals surface area contributed by atoms with Crippen molar-refractivity contribution in [2.75, 3.05) is 7.11 Å². The van der Waals surface area contributed by atoms with Crippen LogP contribution in [0.15, 0.2) is 65.8 Å². The minimum atomic E-state index is -0.657. The highest BCUT2D eigenvalue weighted by molar-refractivity contribution is 6.36. The highest BCUT2D eigenvalue weighted by Gasteiger charge is 2.16. The maximum absolute atomic E-state index is 12.4. The summed E-state index contributed by atoms with van der Waals surface area (Å²) in [6, 6.07) is 15.7. The van der Waals surface area contributed by atoms with Crippen LogP contribution in [0, 0.1) is 0 Å².